The van der Waals surface area contributed by atoms with E-state index in [0.717, 1.165) is 12.8 Å². The molecule has 1 saturated carbocycles. The predicted molar refractivity (Wildman–Crippen MR) is 112 cm³/mol. The molecule has 2 rings (SSSR count). The molecule has 0 saturated heterocycles. The molecule has 0 aliphatic heterocycles. The molecule has 160 valence electrons. The summed E-state index contributed by atoms with van der Waals surface area (Å²) in [4.78, 5) is 12.5. The van der Waals surface area contributed by atoms with E-state index in [9.17, 15) is 18.3 Å². The Kier molecular flexibility index (Phi) is 7.02. The van der Waals surface area contributed by atoms with Crippen molar-refractivity contribution in [1.82, 2.24) is 4.31 Å². The van der Waals surface area contributed by atoms with Crippen LogP contribution in [0.25, 0.3) is 0 Å². The Morgan fingerprint density at radius 2 is 1.90 bits per heavy atom. The minimum Gasteiger partial charge on any atom is -0.481 e. The van der Waals surface area contributed by atoms with Crippen molar-refractivity contribution in [3.8, 4) is 17.6 Å². The predicted octanol–water partition coefficient (Wildman–Crippen LogP) is 3.77. The SMILES string of the molecule is CC#CCOc1ccc(S(=O)(=O)N(C)[C@@H]2CCCC[C@@]2(C(=O)O)C(C)(C)C)cc1. The van der Waals surface area contributed by atoms with E-state index in [1.165, 1.54) is 23.5 Å². The smallest absolute Gasteiger partial charge is 0.311 e. The summed E-state index contributed by atoms with van der Waals surface area (Å²) in [6, 6.07) is 5.54. The van der Waals surface area contributed by atoms with Crippen LogP contribution < -0.4 is 4.74 Å². The van der Waals surface area contributed by atoms with Gasteiger partial charge in [0, 0.05) is 13.1 Å². The van der Waals surface area contributed by atoms with Crippen LogP contribution >= 0.6 is 0 Å². The molecule has 0 unspecified atom stereocenters. The zero-order chi connectivity index (χ0) is 21.9. The Labute approximate surface area is 174 Å². The van der Waals surface area contributed by atoms with Crippen LogP contribution in [0.4, 0.5) is 0 Å². The number of ether oxygens (including phenoxy) is 1. The monoisotopic (exact) mass is 421 g/mol. The van der Waals surface area contributed by atoms with Crippen molar-refractivity contribution < 1.29 is 23.1 Å². The molecule has 1 aromatic carbocycles. The fourth-order valence-corrected chi connectivity index (χ4v) is 5.76. The molecule has 0 radical (unpaired) electrons. The van der Waals surface area contributed by atoms with Gasteiger partial charge in [0.2, 0.25) is 10.0 Å². The molecule has 1 aliphatic carbocycles. The second-order valence-corrected chi connectivity index (χ2v) is 10.5. The maximum absolute atomic E-state index is 13.3. The van der Waals surface area contributed by atoms with Crippen molar-refractivity contribution in [3.05, 3.63) is 24.3 Å². The zero-order valence-corrected chi connectivity index (χ0v) is 18.7. The second kappa shape index (κ2) is 8.76. The number of carbonyl (C=O) groups is 1. The summed E-state index contributed by atoms with van der Waals surface area (Å²) >= 11 is 0. The molecular formula is C22H31NO5S. The maximum atomic E-state index is 13.3. The number of benzene rings is 1. The largest absolute Gasteiger partial charge is 0.481 e. The Bertz CT molecular complexity index is 890. The highest BCUT2D eigenvalue weighted by molar-refractivity contribution is 7.89. The first-order valence-electron chi connectivity index (χ1n) is 9.82. The van der Waals surface area contributed by atoms with Crippen LogP contribution in [-0.2, 0) is 14.8 Å². The molecule has 0 aromatic heterocycles. The number of carboxylic acid groups (broad SMARTS) is 1. The van der Waals surface area contributed by atoms with Gasteiger partial charge in [0.25, 0.3) is 0 Å². The summed E-state index contributed by atoms with van der Waals surface area (Å²) in [5, 5.41) is 10.2. The van der Waals surface area contributed by atoms with Gasteiger partial charge in [-0.25, -0.2) is 8.42 Å². The summed E-state index contributed by atoms with van der Waals surface area (Å²) < 4.78 is 33.3. The summed E-state index contributed by atoms with van der Waals surface area (Å²) in [7, 11) is -2.36. The molecule has 0 heterocycles. The number of hydrogen-bond acceptors (Lipinski definition) is 4. The van der Waals surface area contributed by atoms with Crippen molar-refractivity contribution in [1.29, 1.82) is 0 Å². The van der Waals surface area contributed by atoms with Crippen LogP contribution in [0.1, 0.15) is 53.4 Å². The summed E-state index contributed by atoms with van der Waals surface area (Å²) in [6.45, 7) is 7.59. The molecule has 0 spiro atoms. The number of sulfonamides is 1. The third-order valence-corrected chi connectivity index (χ3v) is 7.90. The highest BCUT2D eigenvalue weighted by atomic mass is 32.2. The van der Waals surface area contributed by atoms with Gasteiger partial charge in [-0.3, -0.25) is 4.79 Å². The van der Waals surface area contributed by atoms with Crippen molar-refractivity contribution in [2.45, 2.75) is 64.3 Å². The average Bonchev–Trinajstić information content (AvgIpc) is 2.66. The van der Waals surface area contributed by atoms with Gasteiger partial charge >= 0.3 is 5.97 Å². The third kappa shape index (κ3) is 4.44. The van der Waals surface area contributed by atoms with E-state index in [-0.39, 0.29) is 11.5 Å². The lowest BCUT2D eigenvalue weighted by Crippen LogP contribution is -2.59. The number of hydrogen-bond donors (Lipinski definition) is 1. The Morgan fingerprint density at radius 3 is 2.41 bits per heavy atom. The van der Waals surface area contributed by atoms with Crippen LogP contribution in [-0.4, -0.2) is 43.5 Å². The van der Waals surface area contributed by atoms with Crippen LogP contribution in [0.5, 0.6) is 5.75 Å². The van der Waals surface area contributed by atoms with Crippen LogP contribution in [0.3, 0.4) is 0 Å². The lowest BCUT2D eigenvalue weighted by atomic mass is 9.57. The minimum atomic E-state index is -3.86. The summed E-state index contributed by atoms with van der Waals surface area (Å²) in [5.74, 6) is 5.11. The molecule has 7 heteroatoms. The third-order valence-electron chi connectivity index (χ3n) is 6.01. The standard InChI is InChI=1S/C22H31NO5S/c1-6-7-16-28-17-11-13-18(14-12-17)29(26,27)23(5)19-10-8-9-15-22(19,20(24)25)21(2,3)4/h11-14,19H,8-10,15-16H2,1-5H3,(H,24,25)/t19-,22-/m1/s1. The van der Waals surface area contributed by atoms with Gasteiger partial charge < -0.3 is 9.84 Å². The molecule has 1 aliphatic rings. The number of nitrogens with zero attached hydrogens (tertiary/aromatic N) is 1. The highest BCUT2D eigenvalue weighted by Crippen LogP contribution is 2.52. The second-order valence-electron chi connectivity index (χ2n) is 8.50. The minimum absolute atomic E-state index is 0.118. The fourth-order valence-electron chi connectivity index (χ4n) is 4.32. The summed E-state index contributed by atoms with van der Waals surface area (Å²) in [6.07, 6.45) is 2.57. The topological polar surface area (TPSA) is 83.9 Å². The molecule has 0 bridgehead atoms. The van der Waals surface area contributed by atoms with Gasteiger partial charge in [-0.05, 0) is 49.4 Å². The molecule has 1 N–H and O–H groups in total. The van der Waals surface area contributed by atoms with Crippen molar-refractivity contribution in [2.75, 3.05) is 13.7 Å². The Hall–Kier alpha value is -2.04. The van der Waals surface area contributed by atoms with E-state index < -0.39 is 32.9 Å². The van der Waals surface area contributed by atoms with E-state index in [4.69, 9.17) is 4.74 Å². The normalized spacial score (nSPS) is 22.6. The first-order chi connectivity index (χ1) is 13.5. The summed E-state index contributed by atoms with van der Waals surface area (Å²) in [5.41, 5.74) is -1.74. The lowest BCUT2D eigenvalue weighted by molar-refractivity contribution is -0.165. The molecule has 1 fully saturated rings. The molecule has 0 amide bonds. The van der Waals surface area contributed by atoms with Crippen molar-refractivity contribution in [3.63, 3.8) is 0 Å². The molecule has 2 atom stereocenters. The van der Waals surface area contributed by atoms with Gasteiger partial charge in [0.05, 0.1) is 10.3 Å². The van der Waals surface area contributed by atoms with Crippen LogP contribution in [0.15, 0.2) is 29.2 Å². The van der Waals surface area contributed by atoms with Crippen LogP contribution in [0, 0.1) is 22.7 Å². The van der Waals surface area contributed by atoms with E-state index in [2.05, 4.69) is 11.8 Å². The van der Waals surface area contributed by atoms with Gasteiger partial charge in [-0.15, -0.1) is 5.92 Å². The number of aliphatic carboxylic acids is 1. The van der Waals surface area contributed by atoms with Crippen molar-refractivity contribution >= 4 is 16.0 Å². The first kappa shape index (κ1) is 23.2. The highest BCUT2D eigenvalue weighted by Gasteiger charge is 2.57. The quantitative estimate of drug-likeness (QED) is 0.707. The Balaban J connectivity index is 2.38. The van der Waals surface area contributed by atoms with Crippen LogP contribution in [0.2, 0.25) is 0 Å². The molecule has 6 nitrogen and oxygen atoms in total. The fraction of sp³-hybridized carbons (Fsp3) is 0.591. The van der Waals surface area contributed by atoms with Crippen molar-refractivity contribution in [2.24, 2.45) is 10.8 Å². The number of carboxylic acids is 1. The maximum Gasteiger partial charge on any atom is 0.311 e. The average molecular weight is 422 g/mol. The van der Waals surface area contributed by atoms with Gasteiger partial charge in [-0.1, -0.05) is 39.5 Å². The Morgan fingerprint density at radius 1 is 1.28 bits per heavy atom. The molecular weight excluding hydrogens is 390 g/mol. The molecule has 1 aromatic rings. The number of rotatable bonds is 6. The van der Waals surface area contributed by atoms with E-state index >= 15 is 0 Å². The molecule has 29 heavy (non-hydrogen) atoms. The zero-order valence-electron chi connectivity index (χ0n) is 17.9. The van der Waals surface area contributed by atoms with E-state index in [1.54, 1.807) is 19.1 Å². The van der Waals surface area contributed by atoms with Gasteiger partial charge in [0.15, 0.2) is 0 Å². The van der Waals surface area contributed by atoms with Gasteiger partial charge in [-0.2, -0.15) is 4.31 Å². The van der Waals surface area contributed by atoms with E-state index in [1.807, 2.05) is 20.8 Å². The first-order valence-corrected chi connectivity index (χ1v) is 11.3. The lowest BCUT2D eigenvalue weighted by Gasteiger charge is -2.51. The van der Waals surface area contributed by atoms with E-state index in [0.29, 0.717) is 18.6 Å². The van der Waals surface area contributed by atoms with Gasteiger partial charge in [0.1, 0.15) is 12.4 Å².